The highest BCUT2D eigenvalue weighted by Crippen LogP contribution is 2.23. The Morgan fingerprint density at radius 2 is 1.02 bits per heavy atom. The summed E-state index contributed by atoms with van der Waals surface area (Å²) in [4.78, 5) is 27.5. The molecule has 0 aromatic carbocycles. The SMILES string of the molecule is CCCCCCCCCCC(CCCCCCCCC(=O)COCC(CCCC)CCCCCC)COC(=O)C1CCN(C)CC1. The molecular formula is C41H79NO4. The highest BCUT2D eigenvalue weighted by molar-refractivity contribution is 5.79. The Morgan fingerprint density at radius 3 is 1.57 bits per heavy atom. The molecular weight excluding hydrogens is 570 g/mol. The number of carbonyl (C=O) groups excluding carboxylic acids is 2. The third-order valence-corrected chi connectivity index (χ3v) is 10.3. The van der Waals surface area contributed by atoms with Crippen LogP contribution in [0.3, 0.4) is 0 Å². The van der Waals surface area contributed by atoms with Gasteiger partial charge in [0, 0.05) is 13.0 Å². The highest BCUT2D eigenvalue weighted by atomic mass is 16.5. The predicted molar refractivity (Wildman–Crippen MR) is 196 cm³/mol. The van der Waals surface area contributed by atoms with Crippen LogP contribution in [-0.4, -0.2) is 56.6 Å². The molecule has 0 N–H and O–H groups in total. The van der Waals surface area contributed by atoms with Gasteiger partial charge in [-0.25, -0.2) is 0 Å². The molecule has 0 saturated carbocycles. The van der Waals surface area contributed by atoms with E-state index in [4.69, 9.17) is 9.47 Å². The maximum absolute atomic E-state index is 12.7. The van der Waals surface area contributed by atoms with E-state index in [9.17, 15) is 9.59 Å². The normalized spacial score (nSPS) is 15.7. The second-order valence-corrected chi connectivity index (χ2v) is 14.9. The van der Waals surface area contributed by atoms with Crippen LogP contribution in [0, 0.1) is 17.8 Å². The van der Waals surface area contributed by atoms with Gasteiger partial charge in [0.1, 0.15) is 6.61 Å². The standard InChI is InChI=1S/C41H79NO4/c1-5-8-11-13-14-15-18-22-27-38(35-46-41(44)39-30-32-42(4)33-31-39)28-23-19-16-17-20-24-29-40(43)36-45-34-37(25-10-7-3)26-21-12-9-6-2/h37-39H,5-36H2,1-4H3. The first-order valence-electron chi connectivity index (χ1n) is 20.4. The van der Waals surface area contributed by atoms with Crippen LogP contribution >= 0.6 is 0 Å². The molecule has 0 bridgehead atoms. The summed E-state index contributed by atoms with van der Waals surface area (Å²) in [6.07, 6.45) is 32.9. The zero-order valence-corrected chi connectivity index (χ0v) is 31.4. The van der Waals surface area contributed by atoms with E-state index in [2.05, 4.69) is 32.7 Å². The summed E-state index contributed by atoms with van der Waals surface area (Å²) in [6.45, 7) is 10.5. The van der Waals surface area contributed by atoms with Gasteiger partial charge in [-0.15, -0.1) is 0 Å². The van der Waals surface area contributed by atoms with Gasteiger partial charge in [0.25, 0.3) is 0 Å². The molecule has 1 heterocycles. The van der Waals surface area contributed by atoms with E-state index in [1.54, 1.807) is 0 Å². The van der Waals surface area contributed by atoms with E-state index < -0.39 is 0 Å². The van der Waals surface area contributed by atoms with Crippen molar-refractivity contribution in [3.8, 4) is 0 Å². The number of carbonyl (C=O) groups is 2. The molecule has 1 saturated heterocycles. The maximum atomic E-state index is 12.7. The molecule has 0 radical (unpaired) electrons. The van der Waals surface area contributed by atoms with Gasteiger partial charge in [-0.3, -0.25) is 9.59 Å². The number of Topliss-reactive ketones (excluding diaryl/α,β-unsaturated/α-hetero) is 1. The fourth-order valence-corrected chi connectivity index (χ4v) is 6.98. The summed E-state index contributed by atoms with van der Waals surface area (Å²) in [5.74, 6) is 1.55. The first kappa shape index (κ1) is 43.1. The fraction of sp³-hybridized carbons (Fsp3) is 0.951. The number of rotatable bonds is 33. The van der Waals surface area contributed by atoms with E-state index in [1.165, 1.54) is 141 Å². The van der Waals surface area contributed by atoms with Gasteiger partial charge in [-0.05, 0) is 76.9 Å². The van der Waals surface area contributed by atoms with Gasteiger partial charge in [-0.2, -0.15) is 0 Å². The Labute approximate surface area is 287 Å². The summed E-state index contributed by atoms with van der Waals surface area (Å²) in [5, 5.41) is 0. The van der Waals surface area contributed by atoms with Crippen LogP contribution in [0.25, 0.3) is 0 Å². The van der Waals surface area contributed by atoms with Crippen molar-refractivity contribution in [2.75, 3.05) is 40.0 Å². The first-order valence-corrected chi connectivity index (χ1v) is 20.4. The molecule has 2 atom stereocenters. The summed E-state index contributed by atoms with van der Waals surface area (Å²) >= 11 is 0. The monoisotopic (exact) mass is 650 g/mol. The van der Waals surface area contributed by atoms with E-state index in [0.29, 0.717) is 31.5 Å². The van der Waals surface area contributed by atoms with Crippen molar-refractivity contribution in [3.63, 3.8) is 0 Å². The molecule has 46 heavy (non-hydrogen) atoms. The molecule has 1 rings (SSSR count). The molecule has 5 nitrogen and oxygen atoms in total. The minimum Gasteiger partial charge on any atom is -0.465 e. The van der Waals surface area contributed by atoms with E-state index in [1.807, 2.05) is 0 Å². The Kier molecular flexibility index (Phi) is 29.3. The number of nitrogens with zero attached hydrogens (tertiary/aromatic N) is 1. The average Bonchev–Trinajstić information content (AvgIpc) is 3.06. The number of esters is 1. The van der Waals surface area contributed by atoms with E-state index >= 15 is 0 Å². The molecule has 272 valence electrons. The molecule has 2 unspecified atom stereocenters. The zero-order chi connectivity index (χ0) is 33.5. The fourth-order valence-electron chi connectivity index (χ4n) is 6.98. The Hall–Kier alpha value is -0.940. The van der Waals surface area contributed by atoms with Crippen molar-refractivity contribution in [2.45, 2.75) is 194 Å². The van der Waals surface area contributed by atoms with Crippen LogP contribution in [0.4, 0.5) is 0 Å². The van der Waals surface area contributed by atoms with Gasteiger partial charge >= 0.3 is 5.97 Å². The largest absolute Gasteiger partial charge is 0.465 e. The molecule has 0 aromatic heterocycles. The lowest BCUT2D eigenvalue weighted by molar-refractivity contribution is -0.151. The molecule has 1 aliphatic heterocycles. The van der Waals surface area contributed by atoms with Crippen LogP contribution in [0.5, 0.6) is 0 Å². The van der Waals surface area contributed by atoms with Crippen molar-refractivity contribution in [3.05, 3.63) is 0 Å². The summed E-state index contributed by atoms with van der Waals surface area (Å²) in [7, 11) is 2.14. The second kappa shape index (κ2) is 31.3. The van der Waals surface area contributed by atoms with Gasteiger partial charge in [0.2, 0.25) is 0 Å². The minimum absolute atomic E-state index is 0.0488. The topological polar surface area (TPSA) is 55.8 Å². The quantitative estimate of drug-likeness (QED) is 0.0523. The molecule has 5 heteroatoms. The van der Waals surface area contributed by atoms with E-state index in [-0.39, 0.29) is 17.7 Å². The van der Waals surface area contributed by atoms with Gasteiger partial charge in [0.15, 0.2) is 5.78 Å². The number of ketones is 1. The lowest BCUT2D eigenvalue weighted by Crippen LogP contribution is -2.34. The van der Waals surface area contributed by atoms with Crippen LogP contribution < -0.4 is 0 Å². The molecule has 1 fully saturated rings. The van der Waals surface area contributed by atoms with E-state index in [0.717, 1.165) is 45.4 Å². The lowest BCUT2D eigenvalue weighted by atomic mass is 9.94. The Bertz CT molecular complexity index is 690. The minimum atomic E-state index is 0.0488. The van der Waals surface area contributed by atoms with Crippen molar-refractivity contribution in [1.82, 2.24) is 4.90 Å². The summed E-state index contributed by atoms with van der Waals surface area (Å²) in [6, 6.07) is 0. The van der Waals surface area contributed by atoms with Crippen LogP contribution in [0.2, 0.25) is 0 Å². The predicted octanol–water partition coefficient (Wildman–Crippen LogP) is 11.5. The molecule has 0 aromatic rings. The third-order valence-electron chi connectivity index (χ3n) is 10.3. The maximum Gasteiger partial charge on any atom is 0.309 e. The number of ether oxygens (including phenoxy) is 2. The number of unbranched alkanes of at least 4 members (excludes halogenated alkanes) is 16. The summed E-state index contributed by atoms with van der Waals surface area (Å²) in [5.41, 5.74) is 0. The number of hydrogen-bond donors (Lipinski definition) is 0. The molecule has 0 spiro atoms. The van der Waals surface area contributed by atoms with Crippen LogP contribution in [0.1, 0.15) is 194 Å². The highest BCUT2D eigenvalue weighted by Gasteiger charge is 2.25. The second-order valence-electron chi connectivity index (χ2n) is 14.9. The number of piperidine rings is 1. The smallest absolute Gasteiger partial charge is 0.309 e. The number of hydrogen-bond acceptors (Lipinski definition) is 5. The van der Waals surface area contributed by atoms with Crippen LogP contribution in [-0.2, 0) is 19.1 Å². The van der Waals surface area contributed by atoms with Crippen molar-refractivity contribution in [1.29, 1.82) is 0 Å². The molecule has 0 aliphatic carbocycles. The van der Waals surface area contributed by atoms with Gasteiger partial charge in [-0.1, -0.05) is 143 Å². The average molecular weight is 650 g/mol. The first-order chi connectivity index (χ1) is 22.5. The Balaban J connectivity index is 2.21. The van der Waals surface area contributed by atoms with Crippen molar-refractivity contribution < 1.29 is 19.1 Å². The molecule has 1 aliphatic rings. The van der Waals surface area contributed by atoms with Crippen molar-refractivity contribution >= 4 is 11.8 Å². The van der Waals surface area contributed by atoms with Crippen LogP contribution in [0.15, 0.2) is 0 Å². The molecule has 0 amide bonds. The van der Waals surface area contributed by atoms with Gasteiger partial charge in [0.05, 0.1) is 12.5 Å². The third kappa shape index (κ3) is 25.1. The van der Waals surface area contributed by atoms with Gasteiger partial charge < -0.3 is 14.4 Å². The van der Waals surface area contributed by atoms with Crippen molar-refractivity contribution in [2.24, 2.45) is 17.8 Å². The summed E-state index contributed by atoms with van der Waals surface area (Å²) < 4.78 is 11.8. The lowest BCUT2D eigenvalue weighted by Gasteiger charge is -2.28. The number of likely N-dealkylation sites (tertiary alicyclic amines) is 1. The zero-order valence-electron chi connectivity index (χ0n) is 31.4. The Morgan fingerprint density at radius 1 is 0.587 bits per heavy atom.